The molecule has 1 aromatic rings. The number of carboxylic acid groups (broad SMARTS) is 1. The second-order valence-corrected chi connectivity index (χ2v) is 4.26. The average molecular weight is 209 g/mol. The summed E-state index contributed by atoms with van der Waals surface area (Å²) in [6, 6.07) is 1.28. The Morgan fingerprint density at radius 1 is 1.67 bits per heavy atom. The summed E-state index contributed by atoms with van der Waals surface area (Å²) in [5.41, 5.74) is 6.13. The third-order valence-electron chi connectivity index (χ3n) is 3.45. The van der Waals surface area contributed by atoms with E-state index < -0.39 is 17.4 Å². The smallest absolute Gasteiger partial charge is 0.311 e. The van der Waals surface area contributed by atoms with Gasteiger partial charge in [0.15, 0.2) is 0 Å². The van der Waals surface area contributed by atoms with Gasteiger partial charge in [0.2, 0.25) is 0 Å². The van der Waals surface area contributed by atoms with E-state index >= 15 is 0 Å². The lowest BCUT2D eigenvalue weighted by molar-refractivity contribution is -0.157. The van der Waals surface area contributed by atoms with Crippen molar-refractivity contribution in [3.05, 3.63) is 23.7 Å². The first kappa shape index (κ1) is 10.2. The number of nitrogens with two attached hydrogens (primary N) is 1. The molecule has 0 saturated heterocycles. The topological polar surface area (TPSA) is 76.5 Å². The molecule has 4 heteroatoms. The Morgan fingerprint density at radius 2 is 2.33 bits per heavy atom. The van der Waals surface area contributed by atoms with Crippen molar-refractivity contribution in [2.24, 2.45) is 11.1 Å². The third kappa shape index (κ3) is 1.36. The molecule has 1 aliphatic rings. The van der Waals surface area contributed by atoms with Crippen LogP contribution >= 0.6 is 0 Å². The monoisotopic (exact) mass is 209 g/mol. The fraction of sp³-hybridized carbons (Fsp3) is 0.545. The van der Waals surface area contributed by atoms with Crippen LogP contribution in [0.15, 0.2) is 16.7 Å². The summed E-state index contributed by atoms with van der Waals surface area (Å²) < 4.78 is 5.27. The molecule has 1 aromatic heterocycles. The highest BCUT2D eigenvalue weighted by molar-refractivity contribution is 5.77. The van der Waals surface area contributed by atoms with Crippen LogP contribution in [-0.2, 0) is 4.79 Å². The van der Waals surface area contributed by atoms with Gasteiger partial charge in [-0.25, -0.2) is 0 Å². The number of aliphatic carboxylic acids is 1. The summed E-state index contributed by atoms with van der Waals surface area (Å²) in [5.74, 6) is -0.200. The van der Waals surface area contributed by atoms with E-state index in [4.69, 9.17) is 10.2 Å². The van der Waals surface area contributed by atoms with Crippen LogP contribution in [0.5, 0.6) is 0 Å². The Labute approximate surface area is 88.1 Å². The standard InChI is InChI=1S/C11H15NO3/c1-7-3-6-15-8(7)9(12)11(10(13)14)4-2-5-11/h3,6,9H,2,4-5,12H2,1H3,(H,13,14). The molecule has 0 bridgehead atoms. The molecule has 1 heterocycles. The number of hydrogen-bond donors (Lipinski definition) is 2. The zero-order chi connectivity index (χ0) is 11.1. The van der Waals surface area contributed by atoms with Crippen LogP contribution < -0.4 is 5.73 Å². The van der Waals surface area contributed by atoms with Crippen LogP contribution in [0.4, 0.5) is 0 Å². The quantitative estimate of drug-likeness (QED) is 0.796. The first-order valence-electron chi connectivity index (χ1n) is 5.11. The van der Waals surface area contributed by atoms with Gasteiger partial charge in [-0.3, -0.25) is 4.79 Å². The highest BCUT2D eigenvalue weighted by atomic mass is 16.4. The largest absolute Gasteiger partial charge is 0.481 e. The highest BCUT2D eigenvalue weighted by Gasteiger charge is 2.51. The fourth-order valence-corrected chi connectivity index (χ4v) is 2.17. The summed E-state index contributed by atoms with van der Waals surface area (Å²) in [5, 5.41) is 9.22. The number of rotatable bonds is 3. The Morgan fingerprint density at radius 3 is 2.67 bits per heavy atom. The first-order chi connectivity index (χ1) is 7.08. The molecule has 1 fully saturated rings. The third-order valence-corrected chi connectivity index (χ3v) is 3.45. The maximum Gasteiger partial charge on any atom is 0.311 e. The van der Waals surface area contributed by atoms with Gasteiger partial charge >= 0.3 is 5.97 Å². The van der Waals surface area contributed by atoms with Crippen molar-refractivity contribution in [2.45, 2.75) is 32.2 Å². The van der Waals surface area contributed by atoms with Gasteiger partial charge in [-0.1, -0.05) is 6.42 Å². The van der Waals surface area contributed by atoms with E-state index in [2.05, 4.69) is 0 Å². The zero-order valence-corrected chi connectivity index (χ0v) is 8.69. The van der Waals surface area contributed by atoms with Gasteiger partial charge in [0.25, 0.3) is 0 Å². The van der Waals surface area contributed by atoms with E-state index in [1.54, 1.807) is 6.26 Å². The highest BCUT2D eigenvalue weighted by Crippen LogP contribution is 2.49. The first-order valence-corrected chi connectivity index (χ1v) is 5.11. The molecule has 1 unspecified atom stereocenters. The molecule has 0 radical (unpaired) electrons. The van der Waals surface area contributed by atoms with Crippen LogP contribution in [0.1, 0.15) is 36.6 Å². The molecule has 82 valence electrons. The fourth-order valence-electron chi connectivity index (χ4n) is 2.17. The van der Waals surface area contributed by atoms with E-state index in [1.165, 1.54) is 0 Å². The van der Waals surface area contributed by atoms with Crippen molar-refractivity contribution in [3.8, 4) is 0 Å². The lowest BCUT2D eigenvalue weighted by Crippen LogP contribution is -2.46. The minimum absolute atomic E-state index is 0.529. The molecular weight excluding hydrogens is 194 g/mol. The summed E-state index contributed by atoms with van der Waals surface area (Å²) >= 11 is 0. The van der Waals surface area contributed by atoms with E-state index in [9.17, 15) is 9.90 Å². The molecule has 0 spiro atoms. The number of carbonyl (C=O) groups is 1. The summed E-state index contributed by atoms with van der Waals surface area (Å²) in [4.78, 5) is 11.2. The van der Waals surface area contributed by atoms with Crippen molar-refractivity contribution >= 4 is 5.97 Å². The van der Waals surface area contributed by atoms with Gasteiger partial charge in [-0.05, 0) is 31.4 Å². The maximum atomic E-state index is 11.2. The number of hydrogen-bond acceptors (Lipinski definition) is 3. The Balaban J connectivity index is 2.31. The van der Waals surface area contributed by atoms with Crippen LogP contribution in [0.2, 0.25) is 0 Å². The minimum Gasteiger partial charge on any atom is -0.481 e. The molecule has 0 amide bonds. The van der Waals surface area contributed by atoms with E-state index in [0.717, 1.165) is 12.0 Å². The molecule has 15 heavy (non-hydrogen) atoms. The minimum atomic E-state index is -0.808. The van der Waals surface area contributed by atoms with Crippen molar-refractivity contribution in [2.75, 3.05) is 0 Å². The van der Waals surface area contributed by atoms with Gasteiger partial charge < -0.3 is 15.3 Å². The predicted molar refractivity (Wildman–Crippen MR) is 54.3 cm³/mol. The van der Waals surface area contributed by atoms with E-state index in [1.807, 2.05) is 13.0 Å². The second kappa shape index (κ2) is 3.38. The van der Waals surface area contributed by atoms with Gasteiger partial charge in [0, 0.05) is 0 Å². The van der Waals surface area contributed by atoms with Gasteiger partial charge in [-0.15, -0.1) is 0 Å². The number of furan rings is 1. The average Bonchev–Trinajstić information content (AvgIpc) is 2.48. The van der Waals surface area contributed by atoms with Gasteiger partial charge in [0.1, 0.15) is 5.76 Å². The molecule has 1 saturated carbocycles. The normalized spacial score (nSPS) is 20.7. The van der Waals surface area contributed by atoms with Crippen LogP contribution in [0, 0.1) is 12.3 Å². The van der Waals surface area contributed by atoms with Gasteiger partial charge in [0.05, 0.1) is 17.7 Å². The zero-order valence-electron chi connectivity index (χ0n) is 8.69. The molecule has 4 nitrogen and oxygen atoms in total. The van der Waals surface area contributed by atoms with Crippen molar-refractivity contribution < 1.29 is 14.3 Å². The van der Waals surface area contributed by atoms with Crippen LogP contribution in [-0.4, -0.2) is 11.1 Å². The predicted octanol–water partition coefficient (Wildman–Crippen LogP) is 1.84. The van der Waals surface area contributed by atoms with Crippen molar-refractivity contribution in [1.82, 2.24) is 0 Å². The van der Waals surface area contributed by atoms with Crippen molar-refractivity contribution in [3.63, 3.8) is 0 Å². The van der Waals surface area contributed by atoms with Crippen LogP contribution in [0.25, 0.3) is 0 Å². The molecule has 0 aromatic carbocycles. The Bertz CT molecular complexity index is 379. The molecule has 1 atom stereocenters. The Kier molecular flexibility index (Phi) is 2.31. The van der Waals surface area contributed by atoms with E-state index in [-0.39, 0.29) is 0 Å². The summed E-state index contributed by atoms with van der Waals surface area (Å²) in [7, 11) is 0. The summed E-state index contributed by atoms with van der Waals surface area (Å²) in [6.45, 7) is 1.88. The molecule has 1 aliphatic carbocycles. The molecule has 2 rings (SSSR count). The van der Waals surface area contributed by atoms with E-state index in [0.29, 0.717) is 18.6 Å². The van der Waals surface area contributed by atoms with Gasteiger partial charge in [-0.2, -0.15) is 0 Å². The lowest BCUT2D eigenvalue weighted by Gasteiger charge is -2.41. The van der Waals surface area contributed by atoms with Crippen LogP contribution in [0.3, 0.4) is 0 Å². The summed E-state index contributed by atoms with van der Waals surface area (Å²) in [6.07, 6.45) is 3.77. The van der Waals surface area contributed by atoms with Crippen molar-refractivity contribution in [1.29, 1.82) is 0 Å². The SMILES string of the molecule is Cc1ccoc1C(N)C1(C(=O)O)CCC1. The molecular formula is C11H15NO3. The Hall–Kier alpha value is -1.29. The maximum absolute atomic E-state index is 11.2. The second-order valence-electron chi connectivity index (χ2n) is 4.26. The molecule has 3 N–H and O–H groups in total. The number of aryl methyl sites for hydroxylation is 1. The number of carboxylic acids is 1. The molecule has 0 aliphatic heterocycles. The lowest BCUT2D eigenvalue weighted by atomic mass is 9.63.